The average molecular weight is 383 g/mol. The molecular formula is C21H26FN5O. The summed E-state index contributed by atoms with van der Waals surface area (Å²) in [6.07, 6.45) is 0.429. The predicted molar refractivity (Wildman–Crippen MR) is 111 cm³/mol. The Morgan fingerprint density at radius 3 is 2.75 bits per heavy atom. The number of para-hydroxylation sites is 1. The third kappa shape index (κ3) is 4.60. The van der Waals surface area contributed by atoms with Crippen molar-refractivity contribution < 1.29 is 9.18 Å². The molecule has 1 unspecified atom stereocenters. The number of hydrogen-bond acceptors (Lipinski definition) is 3. The third-order valence-corrected chi connectivity index (χ3v) is 4.80. The molecule has 1 aliphatic heterocycles. The summed E-state index contributed by atoms with van der Waals surface area (Å²) in [5.74, 6) is 0.447. The molecule has 0 fully saturated rings. The van der Waals surface area contributed by atoms with Crippen LogP contribution in [-0.4, -0.2) is 39.6 Å². The molecule has 3 rings (SSSR count). The smallest absolute Gasteiger partial charge is 0.225 e. The number of nitrogens with zero attached hydrogens (tertiary/aromatic N) is 2. The van der Waals surface area contributed by atoms with Crippen molar-refractivity contribution in [3.05, 3.63) is 59.4 Å². The number of guanidine groups is 1. The summed E-state index contributed by atoms with van der Waals surface area (Å²) in [5.41, 5.74) is 3.37. The first-order valence-corrected chi connectivity index (χ1v) is 9.27. The minimum Gasteiger partial charge on any atom is -0.375 e. The van der Waals surface area contributed by atoms with E-state index in [1.807, 2.05) is 44.4 Å². The van der Waals surface area contributed by atoms with E-state index in [1.165, 1.54) is 6.07 Å². The first-order valence-electron chi connectivity index (χ1n) is 9.27. The maximum absolute atomic E-state index is 14.1. The van der Waals surface area contributed by atoms with E-state index in [2.05, 4.69) is 20.9 Å². The largest absolute Gasteiger partial charge is 0.375 e. The Bertz CT molecular complexity index is 881. The van der Waals surface area contributed by atoms with Gasteiger partial charge in [0.05, 0.1) is 5.69 Å². The zero-order valence-corrected chi connectivity index (χ0v) is 16.4. The molecule has 1 amide bonds. The highest BCUT2D eigenvalue weighted by molar-refractivity contribution is 5.94. The van der Waals surface area contributed by atoms with Gasteiger partial charge in [-0.15, -0.1) is 0 Å². The molecule has 148 valence electrons. The Morgan fingerprint density at radius 1 is 1.25 bits per heavy atom. The number of nitrogens with one attached hydrogen (secondary N) is 3. The number of carbonyl (C=O) groups is 1. The number of hydrogen-bond donors (Lipinski definition) is 3. The Hall–Kier alpha value is -3.09. The average Bonchev–Trinajstić information content (AvgIpc) is 2.67. The van der Waals surface area contributed by atoms with Crippen molar-refractivity contribution in [2.75, 3.05) is 37.9 Å². The minimum absolute atomic E-state index is 0.0184. The molecule has 7 heteroatoms. The maximum atomic E-state index is 14.1. The highest BCUT2D eigenvalue weighted by Crippen LogP contribution is 2.31. The summed E-state index contributed by atoms with van der Waals surface area (Å²) in [4.78, 5) is 17.9. The van der Waals surface area contributed by atoms with Crippen molar-refractivity contribution >= 4 is 23.2 Å². The van der Waals surface area contributed by atoms with Gasteiger partial charge in [0.25, 0.3) is 0 Å². The molecule has 0 aromatic heterocycles. The Morgan fingerprint density at radius 2 is 2.04 bits per heavy atom. The molecule has 2 aromatic carbocycles. The van der Waals surface area contributed by atoms with Crippen molar-refractivity contribution in [2.24, 2.45) is 4.99 Å². The summed E-state index contributed by atoms with van der Waals surface area (Å²) in [6.45, 7) is 1.03. The third-order valence-electron chi connectivity index (χ3n) is 4.80. The molecule has 0 spiro atoms. The van der Waals surface area contributed by atoms with Crippen LogP contribution in [0.1, 0.15) is 23.5 Å². The lowest BCUT2D eigenvalue weighted by Crippen LogP contribution is -2.40. The molecule has 6 nitrogen and oxygen atoms in total. The van der Waals surface area contributed by atoms with Gasteiger partial charge in [0, 0.05) is 52.3 Å². The quantitative estimate of drug-likeness (QED) is 0.549. The predicted octanol–water partition coefficient (Wildman–Crippen LogP) is 2.68. The van der Waals surface area contributed by atoms with E-state index in [0.29, 0.717) is 31.2 Å². The van der Waals surface area contributed by atoms with E-state index in [1.54, 1.807) is 18.0 Å². The number of benzene rings is 2. The number of halogens is 1. The van der Waals surface area contributed by atoms with E-state index in [-0.39, 0.29) is 17.6 Å². The summed E-state index contributed by atoms with van der Waals surface area (Å²) in [7, 11) is 5.31. The number of fused-ring (bicyclic) bond motifs is 1. The van der Waals surface area contributed by atoms with E-state index in [9.17, 15) is 9.18 Å². The van der Waals surface area contributed by atoms with Crippen LogP contribution in [0.25, 0.3) is 0 Å². The zero-order valence-electron chi connectivity index (χ0n) is 16.4. The number of aliphatic imine (C=N–C) groups is 1. The van der Waals surface area contributed by atoms with Crippen molar-refractivity contribution in [3.8, 4) is 0 Å². The van der Waals surface area contributed by atoms with Gasteiger partial charge in [0.15, 0.2) is 5.96 Å². The second-order valence-electron chi connectivity index (χ2n) is 7.02. The molecule has 28 heavy (non-hydrogen) atoms. The molecule has 0 saturated carbocycles. The van der Waals surface area contributed by atoms with Gasteiger partial charge in [0.1, 0.15) is 5.82 Å². The highest BCUT2D eigenvalue weighted by atomic mass is 19.1. The molecule has 0 aliphatic carbocycles. The summed E-state index contributed by atoms with van der Waals surface area (Å²) >= 11 is 0. The van der Waals surface area contributed by atoms with Gasteiger partial charge in [-0.05, 0) is 29.3 Å². The monoisotopic (exact) mass is 383 g/mol. The van der Waals surface area contributed by atoms with Crippen molar-refractivity contribution in [3.63, 3.8) is 0 Å². The lowest BCUT2D eigenvalue weighted by atomic mass is 9.90. The standard InChI is InChI=1S/C21H26FN5O/c1-23-21(24-12-14-8-9-19(27(2)3)17(22)10-14)25-13-15-11-20(28)26-18-7-5-4-6-16(15)18/h4-10,15H,11-13H2,1-3H3,(H,26,28)(H2,23,24,25). The van der Waals surface area contributed by atoms with Crippen LogP contribution in [0.4, 0.5) is 15.8 Å². The SMILES string of the molecule is CN=C(NCc1ccc(N(C)C)c(F)c1)NCC1CC(=O)Nc2ccccc21. The molecule has 1 heterocycles. The minimum atomic E-state index is -0.253. The fourth-order valence-corrected chi connectivity index (χ4v) is 3.33. The van der Waals surface area contributed by atoms with Gasteiger partial charge in [-0.1, -0.05) is 24.3 Å². The van der Waals surface area contributed by atoms with E-state index in [0.717, 1.165) is 16.8 Å². The zero-order chi connectivity index (χ0) is 20.1. The number of carbonyl (C=O) groups excluding carboxylic acids is 1. The molecule has 3 N–H and O–H groups in total. The van der Waals surface area contributed by atoms with Gasteiger partial charge in [-0.25, -0.2) is 4.39 Å². The first-order chi connectivity index (χ1) is 13.5. The number of amides is 1. The van der Waals surface area contributed by atoms with Gasteiger partial charge in [-0.2, -0.15) is 0 Å². The second kappa shape index (κ2) is 8.73. The van der Waals surface area contributed by atoms with Crippen LogP contribution < -0.4 is 20.9 Å². The normalized spacial score (nSPS) is 16.2. The van der Waals surface area contributed by atoms with Gasteiger partial charge in [-0.3, -0.25) is 9.79 Å². The summed E-state index contributed by atoms with van der Waals surface area (Å²) in [6, 6.07) is 13.0. The molecule has 0 bridgehead atoms. The number of anilines is 2. The maximum Gasteiger partial charge on any atom is 0.225 e. The summed E-state index contributed by atoms with van der Waals surface area (Å²) < 4.78 is 14.1. The lowest BCUT2D eigenvalue weighted by Gasteiger charge is -2.26. The Labute approximate surface area is 164 Å². The Kier molecular flexibility index (Phi) is 6.13. The molecular weight excluding hydrogens is 357 g/mol. The molecule has 2 aromatic rings. The van der Waals surface area contributed by atoms with Crippen molar-refractivity contribution in [1.82, 2.24) is 10.6 Å². The van der Waals surface area contributed by atoms with E-state index in [4.69, 9.17) is 0 Å². The molecule has 0 radical (unpaired) electrons. The van der Waals surface area contributed by atoms with Crippen LogP contribution in [-0.2, 0) is 11.3 Å². The van der Waals surface area contributed by atoms with Gasteiger partial charge in [0.2, 0.25) is 5.91 Å². The van der Waals surface area contributed by atoms with Crippen LogP contribution in [0, 0.1) is 5.82 Å². The Balaban J connectivity index is 1.59. The van der Waals surface area contributed by atoms with Crippen LogP contribution in [0.2, 0.25) is 0 Å². The lowest BCUT2D eigenvalue weighted by molar-refractivity contribution is -0.116. The van der Waals surface area contributed by atoms with E-state index >= 15 is 0 Å². The van der Waals surface area contributed by atoms with Crippen molar-refractivity contribution in [1.29, 1.82) is 0 Å². The first kappa shape index (κ1) is 19.7. The molecule has 0 saturated heterocycles. The van der Waals surface area contributed by atoms with Gasteiger partial charge < -0.3 is 20.9 Å². The second-order valence-corrected chi connectivity index (χ2v) is 7.02. The molecule has 1 atom stereocenters. The fraction of sp³-hybridized carbons (Fsp3) is 0.333. The highest BCUT2D eigenvalue weighted by Gasteiger charge is 2.24. The topological polar surface area (TPSA) is 68.8 Å². The van der Waals surface area contributed by atoms with Crippen LogP contribution in [0.5, 0.6) is 0 Å². The fourth-order valence-electron chi connectivity index (χ4n) is 3.33. The summed E-state index contributed by atoms with van der Waals surface area (Å²) in [5, 5.41) is 9.37. The number of rotatable bonds is 5. The van der Waals surface area contributed by atoms with Crippen LogP contribution >= 0.6 is 0 Å². The van der Waals surface area contributed by atoms with Gasteiger partial charge >= 0.3 is 0 Å². The van der Waals surface area contributed by atoms with Crippen LogP contribution in [0.15, 0.2) is 47.5 Å². The van der Waals surface area contributed by atoms with Crippen molar-refractivity contribution in [2.45, 2.75) is 18.9 Å². The van der Waals surface area contributed by atoms with E-state index < -0.39 is 0 Å². The van der Waals surface area contributed by atoms with Crippen LogP contribution in [0.3, 0.4) is 0 Å². The molecule has 1 aliphatic rings.